The Hall–Kier alpha value is -2.93. The van der Waals surface area contributed by atoms with E-state index in [1.165, 1.54) is 6.20 Å². The Bertz CT molecular complexity index is 755. The van der Waals surface area contributed by atoms with Gasteiger partial charge in [0.25, 0.3) is 11.8 Å². The Morgan fingerprint density at radius 2 is 2.12 bits per heavy atom. The first kappa shape index (κ1) is 16.9. The maximum absolute atomic E-state index is 12.3. The van der Waals surface area contributed by atoms with Crippen molar-refractivity contribution in [1.29, 1.82) is 0 Å². The van der Waals surface area contributed by atoms with Gasteiger partial charge in [0.1, 0.15) is 6.61 Å². The molecule has 3 rings (SSSR count). The van der Waals surface area contributed by atoms with Gasteiger partial charge in [-0.05, 0) is 31.0 Å². The topological polar surface area (TPSA) is 104 Å². The molecule has 0 aliphatic carbocycles. The number of carbonyl (C=O) groups excluding carboxylic acids is 2. The standard InChI is InChI=1S/C18H19N3O4/c19-17(22)14-5-1-2-6-15(14)21-18(23)12-7-8-16(20-10-12)25-11-13-4-3-9-24-13/h1-2,5-8,10,13H,3-4,9,11H2,(H2,19,22)(H,21,23). The number of benzene rings is 1. The zero-order valence-electron chi connectivity index (χ0n) is 13.6. The second kappa shape index (κ2) is 7.76. The number of nitrogens with two attached hydrogens (primary N) is 1. The Morgan fingerprint density at radius 1 is 1.28 bits per heavy atom. The fraction of sp³-hybridized carbons (Fsp3) is 0.278. The van der Waals surface area contributed by atoms with Crippen LogP contribution in [0.3, 0.4) is 0 Å². The van der Waals surface area contributed by atoms with Crippen molar-refractivity contribution in [3.63, 3.8) is 0 Å². The van der Waals surface area contributed by atoms with E-state index in [0.717, 1.165) is 19.4 Å². The Morgan fingerprint density at radius 3 is 2.80 bits per heavy atom. The second-order valence-corrected chi connectivity index (χ2v) is 5.70. The molecule has 2 aromatic rings. The van der Waals surface area contributed by atoms with Gasteiger partial charge in [-0.25, -0.2) is 4.98 Å². The number of primary amides is 1. The lowest BCUT2D eigenvalue weighted by Gasteiger charge is -2.11. The summed E-state index contributed by atoms with van der Waals surface area (Å²) in [6, 6.07) is 9.80. The van der Waals surface area contributed by atoms with Gasteiger partial charge in [0.2, 0.25) is 5.88 Å². The van der Waals surface area contributed by atoms with Gasteiger partial charge < -0.3 is 20.5 Å². The third-order valence-electron chi connectivity index (χ3n) is 3.88. The summed E-state index contributed by atoms with van der Waals surface area (Å²) < 4.78 is 11.0. The van der Waals surface area contributed by atoms with Crippen LogP contribution in [0, 0.1) is 0 Å². The number of carbonyl (C=O) groups is 2. The number of amides is 2. The third kappa shape index (κ3) is 4.33. The lowest BCUT2D eigenvalue weighted by atomic mass is 10.1. The molecule has 1 unspecified atom stereocenters. The maximum Gasteiger partial charge on any atom is 0.257 e. The molecule has 0 spiro atoms. The molecule has 1 aliphatic heterocycles. The molecule has 2 amide bonds. The summed E-state index contributed by atoms with van der Waals surface area (Å²) in [6.07, 6.45) is 3.57. The summed E-state index contributed by atoms with van der Waals surface area (Å²) in [7, 11) is 0. The van der Waals surface area contributed by atoms with E-state index >= 15 is 0 Å². The van der Waals surface area contributed by atoms with Crippen LogP contribution in [0.2, 0.25) is 0 Å². The number of ether oxygens (including phenoxy) is 2. The maximum atomic E-state index is 12.3. The van der Waals surface area contributed by atoms with Gasteiger partial charge in [-0.15, -0.1) is 0 Å². The van der Waals surface area contributed by atoms with E-state index in [1.54, 1.807) is 36.4 Å². The average Bonchev–Trinajstić information content (AvgIpc) is 3.14. The number of aromatic nitrogens is 1. The van der Waals surface area contributed by atoms with Crippen molar-refractivity contribution >= 4 is 17.5 Å². The van der Waals surface area contributed by atoms with E-state index in [4.69, 9.17) is 15.2 Å². The molecule has 1 atom stereocenters. The third-order valence-corrected chi connectivity index (χ3v) is 3.88. The molecule has 0 saturated carbocycles. The molecule has 25 heavy (non-hydrogen) atoms. The number of para-hydroxylation sites is 1. The largest absolute Gasteiger partial charge is 0.475 e. The molecule has 1 aliphatic rings. The number of rotatable bonds is 6. The summed E-state index contributed by atoms with van der Waals surface area (Å²) in [5, 5.41) is 2.66. The summed E-state index contributed by atoms with van der Waals surface area (Å²) in [6.45, 7) is 1.22. The molecular weight excluding hydrogens is 322 g/mol. The fourth-order valence-corrected chi connectivity index (χ4v) is 2.56. The summed E-state index contributed by atoms with van der Waals surface area (Å²) in [4.78, 5) is 27.8. The van der Waals surface area contributed by atoms with Crippen LogP contribution in [0.5, 0.6) is 5.88 Å². The van der Waals surface area contributed by atoms with Gasteiger partial charge in [-0.1, -0.05) is 12.1 Å². The highest BCUT2D eigenvalue weighted by molar-refractivity contribution is 6.08. The first-order chi connectivity index (χ1) is 12.1. The van der Waals surface area contributed by atoms with Gasteiger partial charge in [0, 0.05) is 18.9 Å². The van der Waals surface area contributed by atoms with Crippen molar-refractivity contribution in [1.82, 2.24) is 4.98 Å². The molecule has 1 saturated heterocycles. The van der Waals surface area contributed by atoms with Gasteiger partial charge >= 0.3 is 0 Å². The summed E-state index contributed by atoms with van der Waals surface area (Å²) in [5.41, 5.74) is 6.27. The van der Waals surface area contributed by atoms with Crippen LogP contribution in [0.4, 0.5) is 5.69 Å². The first-order valence-electron chi connectivity index (χ1n) is 8.04. The van der Waals surface area contributed by atoms with Crippen molar-refractivity contribution < 1.29 is 19.1 Å². The number of pyridine rings is 1. The minimum absolute atomic E-state index is 0.107. The molecule has 3 N–H and O–H groups in total. The normalized spacial score (nSPS) is 16.4. The molecule has 130 valence electrons. The quantitative estimate of drug-likeness (QED) is 0.836. The van der Waals surface area contributed by atoms with Gasteiger partial charge in [-0.2, -0.15) is 0 Å². The lowest BCUT2D eigenvalue weighted by molar-refractivity contribution is 0.0663. The zero-order chi connectivity index (χ0) is 17.6. The van der Waals surface area contributed by atoms with Crippen LogP contribution in [0.15, 0.2) is 42.6 Å². The van der Waals surface area contributed by atoms with Crippen LogP contribution >= 0.6 is 0 Å². The van der Waals surface area contributed by atoms with Crippen LogP contribution in [-0.2, 0) is 4.74 Å². The van der Waals surface area contributed by atoms with E-state index in [2.05, 4.69) is 10.3 Å². The molecule has 2 heterocycles. The number of hydrogen-bond acceptors (Lipinski definition) is 5. The molecule has 0 radical (unpaired) electrons. The van der Waals surface area contributed by atoms with Crippen molar-refractivity contribution in [2.45, 2.75) is 18.9 Å². The van der Waals surface area contributed by atoms with Gasteiger partial charge in [0.05, 0.1) is 22.9 Å². The Labute approximate surface area is 145 Å². The van der Waals surface area contributed by atoms with Crippen LogP contribution in [-0.4, -0.2) is 36.1 Å². The molecule has 1 aromatic carbocycles. The van der Waals surface area contributed by atoms with Crippen molar-refractivity contribution in [3.8, 4) is 5.88 Å². The highest BCUT2D eigenvalue weighted by Gasteiger charge is 2.16. The minimum Gasteiger partial charge on any atom is -0.475 e. The molecule has 1 fully saturated rings. The molecule has 0 bridgehead atoms. The SMILES string of the molecule is NC(=O)c1ccccc1NC(=O)c1ccc(OCC2CCCO2)nc1. The van der Waals surface area contributed by atoms with Gasteiger partial charge in [0.15, 0.2) is 0 Å². The number of anilines is 1. The van der Waals surface area contributed by atoms with Crippen LogP contribution in [0.1, 0.15) is 33.6 Å². The highest BCUT2D eigenvalue weighted by atomic mass is 16.5. The minimum atomic E-state index is -0.605. The number of nitrogens with zero attached hydrogens (tertiary/aromatic N) is 1. The van der Waals surface area contributed by atoms with Crippen LogP contribution < -0.4 is 15.8 Å². The van der Waals surface area contributed by atoms with E-state index in [-0.39, 0.29) is 17.6 Å². The summed E-state index contributed by atoms with van der Waals surface area (Å²) in [5.74, 6) is -0.552. The molecule has 1 aromatic heterocycles. The second-order valence-electron chi connectivity index (χ2n) is 5.70. The molecular formula is C18H19N3O4. The summed E-state index contributed by atoms with van der Waals surface area (Å²) >= 11 is 0. The first-order valence-corrected chi connectivity index (χ1v) is 8.04. The van der Waals surface area contributed by atoms with E-state index in [1.807, 2.05) is 0 Å². The smallest absolute Gasteiger partial charge is 0.257 e. The Balaban J connectivity index is 1.62. The molecule has 7 nitrogen and oxygen atoms in total. The van der Waals surface area contributed by atoms with E-state index in [9.17, 15) is 9.59 Å². The van der Waals surface area contributed by atoms with Gasteiger partial charge in [-0.3, -0.25) is 9.59 Å². The monoisotopic (exact) mass is 341 g/mol. The van der Waals surface area contributed by atoms with Crippen molar-refractivity contribution in [2.75, 3.05) is 18.5 Å². The molecule has 7 heteroatoms. The van der Waals surface area contributed by atoms with Crippen LogP contribution in [0.25, 0.3) is 0 Å². The van der Waals surface area contributed by atoms with E-state index < -0.39 is 5.91 Å². The predicted molar refractivity (Wildman–Crippen MR) is 91.6 cm³/mol. The predicted octanol–water partition coefficient (Wildman–Crippen LogP) is 1.99. The van der Waals surface area contributed by atoms with Crippen molar-refractivity contribution in [3.05, 3.63) is 53.7 Å². The van der Waals surface area contributed by atoms with E-state index in [0.29, 0.717) is 23.7 Å². The average molecular weight is 341 g/mol. The highest BCUT2D eigenvalue weighted by Crippen LogP contribution is 2.17. The number of nitrogens with one attached hydrogen (secondary N) is 1. The fourth-order valence-electron chi connectivity index (χ4n) is 2.56. The zero-order valence-corrected chi connectivity index (χ0v) is 13.6. The Kier molecular flexibility index (Phi) is 5.25. The number of hydrogen-bond donors (Lipinski definition) is 2. The lowest BCUT2D eigenvalue weighted by Crippen LogP contribution is -2.18. The van der Waals surface area contributed by atoms with Crippen molar-refractivity contribution in [2.24, 2.45) is 5.73 Å².